The van der Waals surface area contributed by atoms with Gasteiger partial charge in [-0.05, 0) is 42.2 Å². The van der Waals surface area contributed by atoms with Gasteiger partial charge in [0.2, 0.25) is 6.33 Å². The lowest BCUT2D eigenvalue weighted by Gasteiger charge is -2.10. The average Bonchev–Trinajstić information content (AvgIpc) is 3.30. The summed E-state index contributed by atoms with van der Waals surface area (Å²) in [6.45, 7) is 5.56. The molecule has 24 heavy (non-hydrogen) atoms. The van der Waals surface area contributed by atoms with E-state index in [-0.39, 0.29) is 0 Å². The molecule has 3 nitrogen and oxygen atoms in total. The van der Waals surface area contributed by atoms with Crippen molar-refractivity contribution in [2.45, 2.75) is 31.8 Å². The molecule has 3 aromatic rings. The van der Waals surface area contributed by atoms with E-state index >= 15 is 0 Å². The molecule has 1 aliphatic heterocycles. The lowest BCUT2D eigenvalue weighted by molar-refractivity contribution is -0.661. The van der Waals surface area contributed by atoms with Gasteiger partial charge in [-0.3, -0.25) is 0 Å². The lowest BCUT2D eigenvalue weighted by atomic mass is 10.0. The molecule has 0 fully saturated rings. The van der Waals surface area contributed by atoms with Crippen LogP contribution in [-0.4, -0.2) is 11.2 Å². The second-order valence-electron chi connectivity index (χ2n) is 6.76. The summed E-state index contributed by atoms with van der Waals surface area (Å²) in [6.07, 6.45) is 7.57. The molecule has 1 unspecified atom stereocenters. The minimum atomic E-state index is 0.394. The molecule has 0 saturated heterocycles. The van der Waals surface area contributed by atoms with E-state index in [1.165, 1.54) is 27.7 Å². The molecule has 2 heterocycles. The summed E-state index contributed by atoms with van der Waals surface area (Å²) in [6, 6.07) is 13.7. The van der Waals surface area contributed by atoms with Crippen LogP contribution in [0.1, 0.15) is 29.2 Å². The maximum absolute atomic E-state index is 5.81. The molecular formula is C21H21N2O+. The van der Waals surface area contributed by atoms with Crippen LogP contribution in [0.25, 0.3) is 11.0 Å². The van der Waals surface area contributed by atoms with Crippen molar-refractivity contribution in [1.29, 1.82) is 0 Å². The molecule has 0 N–H and O–H groups in total. The highest BCUT2D eigenvalue weighted by atomic mass is 16.5. The van der Waals surface area contributed by atoms with E-state index in [1.807, 2.05) is 6.08 Å². The molecule has 1 aromatic heterocycles. The van der Waals surface area contributed by atoms with E-state index in [4.69, 9.17) is 4.74 Å². The number of hydrogen-bond donors (Lipinski definition) is 0. The summed E-state index contributed by atoms with van der Waals surface area (Å²) in [7, 11) is 0. The van der Waals surface area contributed by atoms with Crippen molar-refractivity contribution in [3.63, 3.8) is 0 Å². The summed E-state index contributed by atoms with van der Waals surface area (Å²) < 4.78 is 10.5. The summed E-state index contributed by atoms with van der Waals surface area (Å²) in [4.78, 5) is 0. The molecule has 120 valence electrons. The average molecular weight is 317 g/mol. The Morgan fingerprint density at radius 3 is 3.04 bits per heavy atom. The maximum atomic E-state index is 5.81. The minimum absolute atomic E-state index is 0.394. The van der Waals surface area contributed by atoms with Crippen molar-refractivity contribution in [1.82, 2.24) is 4.57 Å². The van der Waals surface area contributed by atoms with Crippen LogP contribution < -0.4 is 9.30 Å². The van der Waals surface area contributed by atoms with E-state index in [2.05, 4.69) is 58.4 Å². The van der Waals surface area contributed by atoms with Crippen molar-refractivity contribution in [3.05, 3.63) is 72.1 Å². The molecule has 2 aliphatic rings. The van der Waals surface area contributed by atoms with E-state index in [1.54, 1.807) is 0 Å². The van der Waals surface area contributed by atoms with Crippen LogP contribution in [0.3, 0.4) is 0 Å². The van der Waals surface area contributed by atoms with Gasteiger partial charge in [-0.15, -0.1) is 0 Å². The van der Waals surface area contributed by atoms with E-state index < -0.39 is 0 Å². The van der Waals surface area contributed by atoms with Gasteiger partial charge in [0.1, 0.15) is 18.3 Å². The maximum Gasteiger partial charge on any atom is 0.245 e. The van der Waals surface area contributed by atoms with Crippen molar-refractivity contribution in [2.24, 2.45) is 0 Å². The van der Waals surface area contributed by atoms with Gasteiger partial charge in [-0.2, -0.15) is 0 Å². The number of fused-ring (bicyclic) bond motifs is 3. The third kappa shape index (κ3) is 1.94. The van der Waals surface area contributed by atoms with Crippen LogP contribution in [0.2, 0.25) is 0 Å². The van der Waals surface area contributed by atoms with Gasteiger partial charge in [-0.1, -0.05) is 30.9 Å². The van der Waals surface area contributed by atoms with Gasteiger partial charge in [0.15, 0.2) is 11.0 Å². The number of aryl methyl sites for hydroxylation is 1. The summed E-state index contributed by atoms with van der Waals surface area (Å²) in [5.74, 6) is 1.09. The zero-order valence-electron chi connectivity index (χ0n) is 13.7. The Hall–Kier alpha value is -2.55. The van der Waals surface area contributed by atoms with Crippen molar-refractivity contribution in [2.75, 3.05) is 6.61 Å². The van der Waals surface area contributed by atoms with Crippen LogP contribution in [0.4, 0.5) is 0 Å². The molecule has 0 bridgehead atoms. The molecule has 0 saturated carbocycles. The smallest absolute Gasteiger partial charge is 0.245 e. The number of benzene rings is 2. The number of aromatic nitrogens is 2. The highest BCUT2D eigenvalue weighted by Gasteiger charge is 2.32. The monoisotopic (exact) mass is 317 g/mol. The quantitative estimate of drug-likeness (QED) is 0.533. The van der Waals surface area contributed by atoms with Crippen molar-refractivity contribution in [3.8, 4) is 5.75 Å². The fraction of sp³-hybridized carbons (Fsp3) is 0.286. The second kappa shape index (κ2) is 5.23. The van der Waals surface area contributed by atoms with Gasteiger partial charge in [0, 0.05) is 12.0 Å². The molecule has 1 aliphatic carbocycles. The number of rotatable bonds is 3. The molecule has 0 amide bonds. The van der Waals surface area contributed by atoms with Gasteiger partial charge in [0.05, 0.1) is 6.61 Å². The molecular weight excluding hydrogens is 296 g/mol. The number of para-hydroxylation sites is 2. The first-order valence-corrected chi connectivity index (χ1v) is 8.73. The number of imidazole rings is 1. The number of allylic oxidation sites excluding steroid dienone is 1. The Morgan fingerprint density at radius 2 is 2.12 bits per heavy atom. The van der Waals surface area contributed by atoms with Crippen molar-refractivity contribution >= 4 is 11.0 Å². The second-order valence-corrected chi connectivity index (χ2v) is 6.76. The Bertz CT molecular complexity index is 954. The molecule has 2 aromatic carbocycles. The summed E-state index contributed by atoms with van der Waals surface area (Å²) in [5.41, 5.74) is 6.87. The highest BCUT2D eigenvalue weighted by Crippen LogP contribution is 2.40. The van der Waals surface area contributed by atoms with Crippen LogP contribution in [0.15, 0.2) is 55.4 Å². The third-order valence-corrected chi connectivity index (χ3v) is 5.39. The Labute approximate surface area is 141 Å². The first-order chi connectivity index (χ1) is 11.8. The zero-order valence-corrected chi connectivity index (χ0v) is 13.7. The number of nitrogens with zero attached hydrogens (tertiary/aromatic N) is 2. The number of ether oxygens (including phenoxy) is 1. The van der Waals surface area contributed by atoms with Crippen LogP contribution in [0, 0.1) is 0 Å². The van der Waals surface area contributed by atoms with E-state index in [0.29, 0.717) is 6.04 Å². The summed E-state index contributed by atoms with van der Waals surface area (Å²) in [5, 5.41) is 0. The third-order valence-electron chi connectivity index (χ3n) is 5.39. The molecule has 0 spiro atoms. The minimum Gasteiger partial charge on any atom is -0.493 e. The zero-order chi connectivity index (χ0) is 16.1. The van der Waals surface area contributed by atoms with E-state index in [0.717, 1.165) is 38.2 Å². The highest BCUT2D eigenvalue weighted by molar-refractivity contribution is 5.72. The molecule has 1 atom stereocenters. The first kappa shape index (κ1) is 13.8. The Balaban J connectivity index is 1.67. The topological polar surface area (TPSA) is 18.0 Å². The first-order valence-electron chi connectivity index (χ1n) is 8.73. The molecule has 5 rings (SSSR count). The van der Waals surface area contributed by atoms with Gasteiger partial charge >= 0.3 is 0 Å². The lowest BCUT2D eigenvalue weighted by Crippen LogP contribution is -2.31. The molecule has 0 radical (unpaired) electrons. The number of hydrogen-bond acceptors (Lipinski definition) is 1. The van der Waals surface area contributed by atoms with Crippen LogP contribution >= 0.6 is 0 Å². The predicted octanol–water partition coefficient (Wildman–Crippen LogP) is 3.59. The predicted molar refractivity (Wildman–Crippen MR) is 94.4 cm³/mol. The van der Waals surface area contributed by atoms with Crippen LogP contribution in [-0.2, 0) is 19.4 Å². The fourth-order valence-corrected chi connectivity index (χ4v) is 4.29. The standard InChI is InChI=1S/C21H21N2O/c1-2-10-22-14-23(20-6-4-3-5-19(20)22)18-8-7-15-12-16-9-11-24-21(16)13-17(15)18/h2-6,12-14,18H,1,7-11H2/q+1. The van der Waals surface area contributed by atoms with Crippen LogP contribution in [0.5, 0.6) is 5.75 Å². The fourth-order valence-electron chi connectivity index (χ4n) is 4.29. The van der Waals surface area contributed by atoms with Gasteiger partial charge in [-0.25, -0.2) is 9.13 Å². The van der Waals surface area contributed by atoms with Gasteiger partial charge < -0.3 is 4.74 Å². The Kier molecular flexibility index (Phi) is 3.02. The van der Waals surface area contributed by atoms with E-state index in [9.17, 15) is 0 Å². The summed E-state index contributed by atoms with van der Waals surface area (Å²) >= 11 is 0. The molecule has 3 heteroatoms. The normalized spacial score (nSPS) is 18.4. The SMILES string of the molecule is C=CC[n+]1cn(C2CCc3cc4c(cc32)OCC4)c2ccccc21. The largest absolute Gasteiger partial charge is 0.493 e. The van der Waals surface area contributed by atoms with Gasteiger partial charge in [0.25, 0.3) is 0 Å². The van der Waals surface area contributed by atoms with Crippen molar-refractivity contribution < 1.29 is 9.30 Å². The Morgan fingerprint density at radius 1 is 1.21 bits per heavy atom.